The molecular formula is C13H21N3O2. The van der Waals surface area contributed by atoms with E-state index in [4.69, 9.17) is 0 Å². The van der Waals surface area contributed by atoms with Crippen molar-refractivity contribution in [1.29, 1.82) is 0 Å². The minimum Gasteiger partial charge on any atom is -0.476 e. The smallest absolute Gasteiger partial charge is 0.356 e. The zero-order valence-corrected chi connectivity index (χ0v) is 11.6. The third kappa shape index (κ3) is 2.97. The van der Waals surface area contributed by atoms with E-state index in [1.165, 1.54) is 0 Å². The molecule has 1 aromatic heterocycles. The second-order valence-corrected chi connectivity index (χ2v) is 4.80. The lowest BCUT2D eigenvalue weighted by molar-refractivity contribution is 0.0690. The number of anilines is 1. The summed E-state index contributed by atoms with van der Waals surface area (Å²) in [4.78, 5) is 21.7. The zero-order valence-electron chi connectivity index (χ0n) is 11.6. The minimum absolute atomic E-state index is 0.0873. The molecule has 0 amide bonds. The fourth-order valence-electron chi connectivity index (χ4n) is 1.85. The maximum Gasteiger partial charge on any atom is 0.356 e. The van der Waals surface area contributed by atoms with Crippen molar-refractivity contribution < 1.29 is 9.90 Å². The molecule has 1 N–H and O–H groups in total. The maximum atomic E-state index is 11.3. The zero-order chi connectivity index (χ0) is 13.9. The van der Waals surface area contributed by atoms with Gasteiger partial charge >= 0.3 is 5.97 Å². The Balaban J connectivity index is 3.31. The number of carboxylic acids is 1. The van der Waals surface area contributed by atoms with E-state index in [1.54, 1.807) is 6.20 Å². The Morgan fingerprint density at radius 1 is 1.39 bits per heavy atom. The van der Waals surface area contributed by atoms with Gasteiger partial charge in [-0.25, -0.2) is 14.8 Å². The Morgan fingerprint density at radius 3 is 2.39 bits per heavy atom. The van der Waals surface area contributed by atoms with E-state index in [9.17, 15) is 9.90 Å². The SMILES string of the molecule is CCN(c1cnc(C(C)C)nc1C(=O)O)C(C)C. The minimum atomic E-state index is -1.01. The molecule has 1 aromatic rings. The first-order valence-corrected chi connectivity index (χ1v) is 6.25. The number of aromatic nitrogens is 2. The average molecular weight is 251 g/mol. The third-order valence-electron chi connectivity index (χ3n) is 2.78. The molecule has 0 aromatic carbocycles. The van der Waals surface area contributed by atoms with Crippen molar-refractivity contribution in [2.75, 3.05) is 11.4 Å². The Kier molecular flexibility index (Phi) is 4.64. The summed E-state index contributed by atoms with van der Waals surface area (Å²) in [6.07, 6.45) is 1.62. The molecule has 0 unspecified atom stereocenters. The van der Waals surface area contributed by atoms with E-state index in [0.717, 1.165) is 6.54 Å². The molecule has 5 heteroatoms. The average Bonchev–Trinajstić information content (AvgIpc) is 2.29. The molecule has 0 aliphatic heterocycles. The van der Waals surface area contributed by atoms with E-state index >= 15 is 0 Å². The highest BCUT2D eigenvalue weighted by atomic mass is 16.4. The number of hydrogen-bond acceptors (Lipinski definition) is 4. The van der Waals surface area contributed by atoms with Crippen LogP contribution >= 0.6 is 0 Å². The molecule has 0 saturated carbocycles. The molecule has 0 aliphatic rings. The normalized spacial score (nSPS) is 11.1. The van der Waals surface area contributed by atoms with Crippen molar-refractivity contribution in [2.24, 2.45) is 0 Å². The molecular weight excluding hydrogens is 230 g/mol. The predicted molar refractivity (Wildman–Crippen MR) is 71.2 cm³/mol. The fraction of sp³-hybridized carbons (Fsp3) is 0.615. The standard InChI is InChI=1S/C13H21N3O2/c1-6-16(9(4)5)10-7-14-12(8(2)3)15-11(10)13(17)18/h7-9H,6H2,1-5H3,(H,17,18). The Morgan fingerprint density at radius 2 is 2.00 bits per heavy atom. The van der Waals surface area contributed by atoms with Crippen LogP contribution in [0, 0.1) is 0 Å². The van der Waals surface area contributed by atoms with Crippen LogP contribution in [0.3, 0.4) is 0 Å². The summed E-state index contributed by atoms with van der Waals surface area (Å²) in [5.41, 5.74) is 0.675. The van der Waals surface area contributed by atoms with Gasteiger partial charge in [0.1, 0.15) is 5.82 Å². The van der Waals surface area contributed by atoms with Gasteiger partial charge < -0.3 is 10.0 Å². The molecule has 0 atom stereocenters. The van der Waals surface area contributed by atoms with Crippen molar-refractivity contribution >= 4 is 11.7 Å². The fourth-order valence-corrected chi connectivity index (χ4v) is 1.85. The highest BCUT2D eigenvalue weighted by molar-refractivity contribution is 5.92. The van der Waals surface area contributed by atoms with E-state index < -0.39 is 5.97 Å². The number of carboxylic acid groups (broad SMARTS) is 1. The Bertz CT molecular complexity index is 430. The van der Waals surface area contributed by atoms with Gasteiger partial charge in [-0.2, -0.15) is 0 Å². The summed E-state index contributed by atoms with van der Waals surface area (Å²) in [7, 11) is 0. The van der Waals surface area contributed by atoms with Crippen molar-refractivity contribution in [3.05, 3.63) is 17.7 Å². The van der Waals surface area contributed by atoms with Gasteiger partial charge in [-0.05, 0) is 20.8 Å². The van der Waals surface area contributed by atoms with Gasteiger partial charge in [0, 0.05) is 18.5 Å². The molecule has 100 valence electrons. The maximum absolute atomic E-state index is 11.3. The topological polar surface area (TPSA) is 66.3 Å². The van der Waals surface area contributed by atoms with Crippen LogP contribution in [0.15, 0.2) is 6.20 Å². The lowest BCUT2D eigenvalue weighted by Gasteiger charge is -2.28. The first-order valence-electron chi connectivity index (χ1n) is 6.25. The molecule has 1 rings (SSSR count). The molecule has 5 nitrogen and oxygen atoms in total. The molecule has 0 spiro atoms. The van der Waals surface area contributed by atoms with Gasteiger partial charge in [0.05, 0.1) is 11.9 Å². The molecule has 1 heterocycles. The van der Waals surface area contributed by atoms with Gasteiger partial charge in [-0.15, -0.1) is 0 Å². The van der Waals surface area contributed by atoms with Crippen LogP contribution in [-0.2, 0) is 0 Å². The van der Waals surface area contributed by atoms with Crippen LogP contribution in [0.1, 0.15) is 56.8 Å². The molecule has 18 heavy (non-hydrogen) atoms. The van der Waals surface area contributed by atoms with Gasteiger partial charge in [0.15, 0.2) is 5.69 Å². The van der Waals surface area contributed by atoms with Crippen molar-refractivity contribution in [3.8, 4) is 0 Å². The lowest BCUT2D eigenvalue weighted by atomic mass is 10.2. The van der Waals surface area contributed by atoms with Crippen LogP contribution in [0.5, 0.6) is 0 Å². The second kappa shape index (κ2) is 5.80. The molecule has 0 aliphatic carbocycles. The first kappa shape index (κ1) is 14.4. The number of aromatic carboxylic acids is 1. The Labute approximate surface area is 108 Å². The van der Waals surface area contributed by atoms with Crippen molar-refractivity contribution in [3.63, 3.8) is 0 Å². The highest BCUT2D eigenvalue weighted by Crippen LogP contribution is 2.22. The summed E-state index contributed by atoms with van der Waals surface area (Å²) in [6, 6.07) is 0.210. The van der Waals surface area contributed by atoms with Gasteiger partial charge in [0.2, 0.25) is 0 Å². The second-order valence-electron chi connectivity index (χ2n) is 4.80. The van der Waals surface area contributed by atoms with Gasteiger partial charge in [-0.1, -0.05) is 13.8 Å². The van der Waals surface area contributed by atoms with Crippen LogP contribution in [0.2, 0.25) is 0 Å². The van der Waals surface area contributed by atoms with Crippen LogP contribution < -0.4 is 4.90 Å². The highest BCUT2D eigenvalue weighted by Gasteiger charge is 2.20. The van der Waals surface area contributed by atoms with Crippen molar-refractivity contribution in [1.82, 2.24) is 9.97 Å². The number of hydrogen-bond donors (Lipinski definition) is 1. The van der Waals surface area contributed by atoms with Crippen LogP contribution in [-0.4, -0.2) is 33.6 Å². The van der Waals surface area contributed by atoms with E-state index in [0.29, 0.717) is 11.5 Å². The van der Waals surface area contributed by atoms with Gasteiger partial charge in [0.25, 0.3) is 0 Å². The first-order chi connectivity index (χ1) is 8.38. The summed E-state index contributed by atoms with van der Waals surface area (Å²) >= 11 is 0. The monoisotopic (exact) mass is 251 g/mol. The summed E-state index contributed by atoms with van der Waals surface area (Å²) in [5, 5.41) is 9.28. The van der Waals surface area contributed by atoms with Crippen LogP contribution in [0.4, 0.5) is 5.69 Å². The molecule has 0 fully saturated rings. The van der Waals surface area contributed by atoms with Gasteiger partial charge in [-0.3, -0.25) is 0 Å². The van der Waals surface area contributed by atoms with E-state index in [-0.39, 0.29) is 17.7 Å². The lowest BCUT2D eigenvalue weighted by Crippen LogP contribution is -2.32. The predicted octanol–water partition coefficient (Wildman–Crippen LogP) is 2.53. The molecule has 0 bridgehead atoms. The quantitative estimate of drug-likeness (QED) is 0.871. The summed E-state index contributed by atoms with van der Waals surface area (Å²) < 4.78 is 0. The van der Waals surface area contributed by atoms with E-state index in [2.05, 4.69) is 9.97 Å². The third-order valence-corrected chi connectivity index (χ3v) is 2.78. The van der Waals surface area contributed by atoms with Crippen molar-refractivity contribution in [2.45, 2.75) is 46.6 Å². The largest absolute Gasteiger partial charge is 0.476 e. The molecule has 0 radical (unpaired) electrons. The summed E-state index contributed by atoms with van der Waals surface area (Å²) in [5.74, 6) is -0.323. The van der Waals surface area contributed by atoms with Crippen LogP contribution in [0.25, 0.3) is 0 Å². The number of carbonyl (C=O) groups is 1. The number of nitrogens with zero attached hydrogens (tertiary/aromatic N) is 3. The summed E-state index contributed by atoms with van der Waals surface area (Å²) in [6.45, 7) is 10.6. The van der Waals surface area contributed by atoms with E-state index in [1.807, 2.05) is 39.5 Å². The Hall–Kier alpha value is -1.65. The number of rotatable bonds is 5. The molecule has 0 saturated heterocycles.